The fourth-order valence-corrected chi connectivity index (χ4v) is 2.57. The van der Waals surface area contributed by atoms with Crippen LogP contribution in [0.4, 0.5) is 0 Å². The molecule has 5 nitrogen and oxygen atoms in total. The molecule has 0 bridgehead atoms. The number of nitrogens with zero attached hydrogens (tertiary/aromatic N) is 1. The minimum atomic E-state index is -0.656. The Morgan fingerprint density at radius 2 is 2.27 bits per heavy atom. The summed E-state index contributed by atoms with van der Waals surface area (Å²) in [5.41, 5.74) is 6.90. The molecule has 0 aliphatic carbocycles. The van der Waals surface area contributed by atoms with Crippen molar-refractivity contribution in [2.24, 2.45) is 5.73 Å². The Balaban J connectivity index is 2.62. The van der Waals surface area contributed by atoms with E-state index in [1.165, 1.54) is 0 Å². The summed E-state index contributed by atoms with van der Waals surface area (Å²) < 4.78 is 10.4. The van der Waals surface area contributed by atoms with E-state index in [-0.39, 0.29) is 23.6 Å². The van der Waals surface area contributed by atoms with Crippen LogP contribution in [0.5, 0.6) is 0 Å². The van der Waals surface area contributed by atoms with E-state index in [9.17, 15) is 10.1 Å². The van der Waals surface area contributed by atoms with E-state index in [2.05, 4.69) is 0 Å². The van der Waals surface area contributed by atoms with Crippen molar-refractivity contribution in [3.63, 3.8) is 0 Å². The van der Waals surface area contributed by atoms with Crippen LogP contribution in [0.15, 0.2) is 47.1 Å². The van der Waals surface area contributed by atoms with Gasteiger partial charge in [-0.3, -0.25) is 0 Å². The predicted octanol–water partition coefficient (Wildman–Crippen LogP) is 2.98. The monoisotopic (exact) mass is 318 g/mol. The molecule has 2 rings (SSSR count). The first-order valence-electron chi connectivity index (χ1n) is 6.70. The third-order valence-corrected chi connectivity index (χ3v) is 3.52. The molecule has 6 heteroatoms. The maximum atomic E-state index is 12.3. The molecule has 0 radical (unpaired) electrons. The number of nitrogens with two attached hydrogens (primary N) is 1. The second-order valence-electron chi connectivity index (χ2n) is 4.67. The van der Waals surface area contributed by atoms with E-state index < -0.39 is 11.9 Å². The molecule has 0 fully saturated rings. The highest BCUT2D eigenvalue weighted by molar-refractivity contribution is 6.30. The molecule has 1 aromatic carbocycles. The molecule has 1 unspecified atom stereocenters. The summed E-state index contributed by atoms with van der Waals surface area (Å²) in [6.45, 7) is 3.55. The molecule has 1 aromatic rings. The van der Waals surface area contributed by atoms with Crippen molar-refractivity contribution in [1.82, 2.24) is 0 Å². The minimum Gasteiger partial charge on any atom is -0.463 e. The Hall–Kier alpha value is -2.45. The highest BCUT2D eigenvalue weighted by Gasteiger charge is 2.36. The fourth-order valence-electron chi connectivity index (χ4n) is 2.37. The van der Waals surface area contributed by atoms with Gasteiger partial charge in [0.05, 0.1) is 18.1 Å². The molecule has 0 spiro atoms. The zero-order valence-corrected chi connectivity index (χ0v) is 13.0. The molecule has 0 amide bonds. The quantitative estimate of drug-likeness (QED) is 0.866. The second-order valence-corrected chi connectivity index (χ2v) is 5.11. The number of hydrogen-bond acceptors (Lipinski definition) is 5. The molecule has 0 saturated carbocycles. The molecule has 1 aliphatic rings. The smallest absolute Gasteiger partial charge is 0.338 e. The van der Waals surface area contributed by atoms with Crippen molar-refractivity contribution < 1.29 is 14.3 Å². The van der Waals surface area contributed by atoms with Gasteiger partial charge in [-0.2, -0.15) is 5.26 Å². The van der Waals surface area contributed by atoms with E-state index in [1.54, 1.807) is 38.1 Å². The zero-order valence-electron chi connectivity index (χ0n) is 12.2. The average Bonchev–Trinajstić information content (AvgIpc) is 2.46. The Labute approximate surface area is 133 Å². The number of carbonyl (C=O) groups is 1. The Morgan fingerprint density at radius 1 is 1.55 bits per heavy atom. The van der Waals surface area contributed by atoms with Gasteiger partial charge in [0.15, 0.2) is 0 Å². The highest BCUT2D eigenvalue weighted by Crippen LogP contribution is 2.40. The number of ether oxygens (including phenoxy) is 2. The van der Waals surface area contributed by atoms with Crippen LogP contribution in [0.2, 0.25) is 5.02 Å². The molecule has 22 heavy (non-hydrogen) atoms. The zero-order chi connectivity index (χ0) is 16.3. The van der Waals surface area contributed by atoms with Crippen LogP contribution in [0.25, 0.3) is 0 Å². The lowest BCUT2D eigenvalue weighted by Crippen LogP contribution is -2.25. The summed E-state index contributed by atoms with van der Waals surface area (Å²) in [6.07, 6.45) is 0. The largest absolute Gasteiger partial charge is 0.463 e. The highest BCUT2D eigenvalue weighted by atomic mass is 35.5. The molecule has 0 aromatic heterocycles. The van der Waals surface area contributed by atoms with Gasteiger partial charge in [0.2, 0.25) is 5.88 Å². The first kappa shape index (κ1) is 15.9. The van der Waals surface area contributed by atoms with Gasteiger partial charge >= 0.3 is 5.97 Å². The number of carbonyl (C=O) groups excluding carboxylic acids is 1. The first-order valence-corrected chi connectivity index (χ1v) is 7.08. The lowest BCUT2D eigenvalue weighted by atomic mass is 9.83. The van der Waals surface area contributed by atoms with Crippen molar-refractivity contribution in [3.05, 3.63) is 57.6 Å². The second kappa shape index (κ2) is 6.54. The summed E-state index contributed by atoms with van der Waals surface area (Å²) in [7, 11) is 0. The number of nitriles is 1. The maximum Gasteiger partial charge on any atom is 0.338 e. The van der Waals surface area contributed by atoms with E-state index in [0.29, 0.717) is 16.3 Å². The summed E-state index contributed by atoms with van der Waals surface area (Å²) >= 11 is 6.02. The van der Waals surface area contributed by atoms with Gasteiger partial charge in [-0.05, 0) is 31.5 Å². The number of allylic oxidation sites excluding steroid dienone is 2. The van der Waals surface area contributed by atoms with Crippen LogP contribution in [0.1, 0.15) is 25.3 Å². The number of halogens is 1. The van der Waals surface area contributed by atoms with Crippen molar-refractivity contribution in [2.45, 2.75) is 19.8 Å². The summed E-state index contributed by atoms with van der Waals surface area (Å²) in [5, 5.41) is 9.90. The molecular formula is C16H15ClN2O3. The third kappa shape index (κ3) is 2.92. The van der Waals surface area contributed by atoms with Crippen LogP contribution in [-0.2, 0) is 14.3 Å². The Kier molecular flexibility index (Phi) is 4.74. The minimum absolute atomic E-state index is 0.0157. The molecule has 2 N–H and O–H groups in total. The van der Waals surface area contributed by atoms with E-state index >= 15 is 0 Å². The fraction of sp³-hybridized carbons (Fsp3) is 0.250. The van der Waals surface area contributed by atoms with Gasteiger partial charge in [0.1, 0.15) is 17.4 Å². The van der Waals surface area contributed by atoms with E-state index in [0.717, 1.165) is 0 Å². The lowest BCUT2D eigenvalue weighted by Gasteiger charge is -2.26. The molecule has 1 heterocycles. The number of esters is 1. The predicted molar refractivity (Wildman–Crippen MR) is 81.4 cm³/mol. The van der Waals surface area contributed by atoms with Gasteiger partial charge in [0, 0.05) is 5.02 Å². The molecule has 114 valence electrons. The van der Waals surface area contributed by atoms with Gasteiger partial charge in [0.25, 0.3) is 0 Å². The lowest BCUT2D eigenvalue weighted by molar-refractivity contribution is -0.139. The van der Waals surface area contributed by atoms with Crippen molar-refractivity contribution >= 4 is 17.6 Å². The summed E-state index contributed by atoms with van der Waals surface area (Å²) in [5.74, 6) is -0.889. The Morgan fingerprint density at radius 3 is 2.86 bits per heavy atom. The molecule has 1 atom stereocenters. The third-order valence-electron chi connectivity index (χ3n) is 3.28. The van der Waals surface area contributed by atoms with Crippen LogP contribution < -0.4 is 5.73 Å². The van der Waals surface area contributed by atoms with Gasteiger partial charge in [-0.1, -0.05) is 23.7 Å². The van der Waals surface area contributed by atoms with Crippen LogP contribution in [0.3, 0.4) is 0 Å². The van der Waals surface area contributed by atoms with E-state index in [4.69, 9.17) is 26.8 Å². The van der Waals surface area contributed by atoms with Crippen molar-refractivity contribution in [3.8, 4) is 6.07 Å². The van der Waals surface area contributed by atoms with E-state index in [1.807, 2.05) is 6.07 Å². The number of rotatable bonds is 3. The van der Waals surface area contributed by atoms with Gasteiger partial charge in [-0.25, -0.2) is 4.79 Å². The number of benzene rings is 1. The first-order chi connectivity index (χ1) is 10.5. The maximum absolute atomic E-state index is 12.3. The standard InChI is InChI=1S/C16H15ClN2O3/c1-3-21-16(20)13-9(2)22-15(19)12(8-18)14(13)10-5-4-6-11(17)7-10/h4-7,14H,3,19H2,1-2H3. The Bertz CT molecular complexity index is 716. The molecular weight excluding hydrogens is 304 g/mol. The van der Waals surface area contributed by atoms with Crippen LogP contribution >= 0.6 is 11.6 Å². The van der Waals surface area contributed by atoms with Crippen LogP contribution in [0, 0.1) is 11.3 Å². The normalized spacial score (nSPS) is 17.8. The topological polar surface area (TPSA) is 85.3 Å². The average molecular weight is 319 g/mol. The summed E-state index contributed by atoms with van der Waals surface area (Å²) in [4.78, 5) is 12.3. The van der Waals surface area contributed by atoms with Gasteiger partial charge < -0.3 is 15.2 Å². The molecule has 1 aliphatic heterocycles. The van der Waals surface area contributed by atoms with Crippen molar-refractivity contribution in [2.75, 3.05) is 6.61 Å². The number of hydrogen-bond donors (Lipinski definition) is 1. The summed E-state index contributed by atoms with van der Waals surface area (Å²) in [6, 6.07) is 8.94. The molecule has 0 saturated heterocycles. The van der Waals surface area contributed by atoms with Crippen LogP contribution in [-0.4, -0.2) is 12.6 Å². The SMILES string of the molecule is CCOC(=O)C1=C(C)OC(N)=C(C#N)C1c1cccc(Cl)c1. The van der Waals surface area contributed by atoms with Crippen molar-refractivity contribution in [1.29, 1.82) is 5.26 Å². The van der Waals surface area contributed by atoms with Gasteiger partial charge in [-0.15, -0.1) is 0 Å².